The number of nitrogens with zero attached hydrogens (tertiary/aromatic N) is 2. The van der Waals surface area contributed by atoms with E-state index in [1.54, 1.807) is 26.0 Å². The van der Waals surface area contributed by atoms with Crippen molar-refractivity contribution in [2.75, 3.05) is 17.5 Å². The summed E-state index contributed by atoms with van der Waals surface area (Å²) < 4.78 is 32.4. The fraction of sp³-hybridized carbons (Fsp3) is 0.211. The molecule has 0 heterocycles. The summed E-state index contributed by atoms with van der Waals surface area (Å²) in [6.07, 6.45) is 1.39. The molecule has 0 aliphatic rings. The highest BCUT2D eigenvalue weighted by Crippen LogP contribution is 2.29. The van der Waals surface area contributed by atoms with E-state index in [0.717, 1.165) is 10.4 Å². The number of non-ortho nitro benzene ring substituents is 1. The molecule has 0 aromatic heterocycles. The molecule has 8 nitrogen and oxygen atoms in total. The summed E-state index contributed by atoms with van der Waals surface area (Å²) in [4.78, 5) is 22.2. The number of carbonyl (C=O) groups is 1. The van der Waals surface area contributed by atoms with Gasteiger partial charge in [-0.3, -0.25) is 14.4 Å². The third-order valence-corrected chi connectivity index (χ3v) is 5.68. The monoisotopic (exact) mass is 404 g/mol. The van der Waals surface area contributed by atoms with Crippen LogP contribution in [0.2, 0.25) is 0 Å². The summed E-state index contributed by atoms with van der Waals surface area (Å²) in [6.45, 7) is 7.06. The van der Waals surface area contributed by atoms with Crippen LogP contribution in [0.5, 0.6) is 0 Å². The highest BCUT2D eigenvalue weighted by molar-refractivity contribution is 7.92. The Morgan fingerprint density at radius 2 is 2.00 bits per heavy atom. The summed E-state index contributed by atoms with van der Waals surface area (Å²) in [7, 11) is -4.14. The van der Waals surface area contributed by atoms with Gasteiger partial charge in [0.2, 0.25) is 0 Å². The smallest absolute Gasteiger partial charge is 0.338 e. The quantitative estimate of drug-likeness (QED) is 0.289. The Balaban J connectivity index is 2.60. The summed E-state index contributed by atoms with van der Waals surface area (Å²) in [5.41, 5.74) is 0.725. The lowest BCUT2D eigenvalue weighted by atomic mass is 10.1. The molecule has 28 heavy (non-hydrogen) atoms. The van der Waals surface area contributed by atoms with E-state index in [1.807, 2.05) is 0 Å². The molecule has 148 valence electrons. The maximum atomic E-state index is 13.2. The zero-order valence-electron chi connectivity index (χ0n) is 15.5. The molecule has 0 saturated heterocycles. The first kappa shape index (κ1) is 21.1. The van der Waals surface area contributed by atoms with Gasteiger partial charge in [0, 0.05) is 12.1 Å². The van der Waals surface area contributed by atoms with Crippen LogP contribution in [-0.4, -0.2) is 32.5 Å². The van der Waals surface area contributed by atoms with E-state index in [4.69, 9.17) is 4.74 Å². The van der Waals surface area contributed by atoms with E-state index in [0.29, 0.717) is 5.56 Å². The molecule has 9 heteroatoms. The molecule has 0 fully saturated rings. The van der Waals surface area contributed by atoms with Crippen molar-refractivity contribution in [2.45, 2.75) is 18.7 Å². The summed E-state index contributed by atoms with van der Waals surface area (Å²) >= 11 is 0. The van der Waals surface area contributed by atoms with Gasteiger partial charge >= 0.3 is 5.97 Å². The number of nitro groups is 1. The van der Waals surface area contributed by atoms with E-state index in [9.17, 15) is 23.3 Å². The molecule has 0 spiro atoms. The second-order valence-corrected chi connectivity index (χ2v) is 7.66. The van der Waals surface area contributed by atoms with Gasteiger partial charge in [-0.25, -0.2) is 13.2 Å². The minimum atomic E-state index is -4.14. The van der Waals surface area contributed by atoms with Crippen LogP contribution in [0.25, 0.3) is 0 Å². The number of rotatable bonds is 8. The SMILES string of the molecule is C=CCN(c1cc(C(=O)OCC)ccc1C)S(=O)(=O)c1cccc([N+](=O)[O-])c1. The van der Waals surface area contributed by atoms with Crippen LogP contribution < -0.4 is 4.31 Å². The lowest BCUT2D eigenvalue weighted by Crippen LogP contribution is -2.32. The number of esters is 1. The third-order valence-electron chi connectivity index (χ3n) is 3.90. The van der Waals surface area contributed by atoms with Crippen molar-refractivity contribution in [1.29, 1.82) is 0 Å². The molecule has 0 bridgehead atoms. The van der Waals surface area contributed by atoms with Crippen LogP contribution >= 0.6 is 0 Å². The van der Waals surface area contributed by atoms with Gasteiger partial charge in [-0.15, -0.1) is 6.58 Å². The number of ether oxygens (including phenoxy) is 1. The van der Waals surface area contributed by atoms with Gasteiger partial charge in [0.05, 0.1) is 34.2 Å². The van der Waals surface area contributed by atoms with Crippen LogP contribution in [0, 0.1) is 17.0 Å². The lowest BCUT2D eigenvalue weighted by molar-refractivity contribution is -0.385. The molecule has 2 rings (SSSR count). The van der Waals surface area contributed by atoms with Gasteiger partial charge < -0.3 is 4.74 Å². The van der Waals surface area contributed by atoms with Crippen molar-refractivity contribution in [2.24, 2.45) is 0 Å². The standard InChI is InChI=1S/C19H20N2O6S/c1-4-11-20(18-12-15(10-9-14(18)3)19(22)27-5-2)28(25,26)17-8-6-7-16(13-17)21(23)24/h4,6-10,12-13H,1,5,11H2,2-3H3. The van der Waals surface area contributed by atoms with Crippen molar-refractivity contribution in [3.05, 3.63) is 76.4 Å². The van der Waals surface area contributed by atoms with Crippen molar-refractivity contribution in [1.82, 2.24) is 0 Å². The van der Waals surface area contributed by atoms with E-state index >= 15 is 0 Å². The highest BCUT2D eigenvalue weighted by Gasteiger charge is 2.27. The number of hydrogen-bond donors (Lipinski definition) is 0. The number of sulfonamides is 1. The first-order chi connectivity index (χ1) is 13.2. The Bertz CT molecular complexity index is 1020. The van der Waals surface area contributed by atoms with Crippen molar-refractivity contribution >= 4 is 27.4 Å². The predicted octanol–water partition coefficient (Wildman–Crippen LogP) is 3.46. The molecule has 0 N–H and O–H groups in total. The largest absolute Gasteiger partial charge is 0.462 e. The molecule has 2 aromatic rings. The molecule has 2 aromatic carbocycles. The van der Waals surface area contributed by atoms with Crippen LogP contribution in [0.3, 0.4) is 0 Å². The Hall–Kier alpha value is -3.20. The molecule has 0 unspecified atom stereocenters. The Morgan fingerprint density at radius 1 is 1.29 bits per heavy atom. The Labute approximate surface area is 163 Å². The molecule has 0 aliphatic heterocycles. The summed E-state index contributed by atoms with van der Waals surface area (Å²) in [5.74, 6) is -0.574. The lowest BCUT2D eigenvalue weighted by Gasteiger charge is -2.25. The van der Waals surface area contributed by atoms with Gasteiger partial charge in [-0.2, -0.15) is 0 Å². The zero-order valence-corrected chi connectivity index (χ0v) is 16.3. The molecule has 0 saturated carbocycles. The first-order valence-electron chi connectivity index (χ1n) is 8.38. The molecule has 0 aliphatic carbocycles. The highest BCUT2D eigenvalue weighted by atomic mass is 32.2. The van der Waals surface area contributed by atoms with Crippen LogP contribution in [-0.2, 0) is 14.8 Å². The van der Waals surface area contributed by atoms with E-state index in [2.05, 4.69) is 6.58 Å². The number of benzene rings is 2. The first-order valence-corrected chi connectivity index (χ1v) is 9.82. The van der Waals surface area contributed by atoms with Gasteiger partial charge in [-0.1, -0.05) is 18.2 Å². The summed E-state index contributed by atoms with van der Waals surface area (Å²) in [5, 5.41) is 11.0. The van der Waals surface area contributed by atoms with Crippen LogP contribution in [0.1, 0.15) is 22.8 Å². The third kappa shape index (κ3) is 4.37. The minimum Gasteiger partial charge on any atom is -0.462 e. The number of nitro benzene ring substituents is 1. The topological polar surface area (TPSA) is 107 Å². The molecule has 0 amide bonds. The zero-order chi connectivity index (χ0) is 20.9. The van der Waals surface area contributed by atoms with Gasteiger partial charge in [0.25, 0.3) is 15.7 Å². The van der Waals surface area contributed by atoms with Gasteiger partial charge in [-0.05, 0) is 37.6 Å². The predicted molar refractivity (Wildman–Crippen MR) is 105 cm³/mol. The average Bonchev–Trinajstić information content (AvgIpc) is 2.67. The number of hydrogen-bond acceptors (Lipinski definition) is 6. The second kappa shape index (κ2) is 8.66. The molecular weight excluding hydrogens is 384 g/mol. The second-order valence-electron chi connectivity index (χ2n) is 5.80. The normalized spacial score (nSPS) is 10.9. The van der Waals surface area contributed by atoms with E-state index in [-0.39, 0.29) is 35.0 Å². The maximum Gasteiger partial charge on any atom is 0.338 e. The van der Waals surface area contributed by atoms with Gasteiger partial charge in [0.15, 0.2) is 0 Å². The number of carbonyl (C=O) groups excluding carboxylic acids is 1. The average molecular weight is 404 g/mol. The minimum absolute atomic E-state index is 0.0852. The van der Waals surface area contributed by atoms with Gasteiger partial charge in [0.1, 0.15) is 0 Å². The van der Waals surface area contributed by atoms with E-state index in [1.165, 1.54) is 30.3 Å². The molecule has 0 radical (unpaired) electrons. The number of anilines is 1. The van der Waals surface area contributed by atoms with Crippen molar-refractivity contribution < 1.29 is 22.9 Å². The van der Waals surface area contributed by atoms with Crippen LogP contribution in [0.4, 0.5) is 11.4 Å². The number of aryl methyl sites for hydroxylation is 1. The summed E-state index contributed by atoms with van der Waals surface area (Å²) in [6, 6.07) is 9.37. The Kier molecular flexibility index (Phi) is 6.53. The van der Waals surface area contributed by atoms with Crippen molar-refractivity contribution in [3.63, 3.8) is 0 Å². The maximum absolute atomic E-state index is 13.2. The van der Waals surface area contributed by atoms with Crippen molar-refractivity contribution in [3.8, 4) is 0 Å². The van der Waals surface area contributed by atoms with Crippen LogP contribution in [0.15, 0.2) is 60.0 Å². The Morgan fingerprint density at radius 3 is 2.61 bits per heavy atom. The molecular formula is C19H20N2O6S. The molecule has 0 atom stereocenters. The fourth-order valence-electron chi connectivity index (χ4n) is 2.55. The van der Waals surface area contributed by atoms with E-state index < -0.39 is 20.9 Å². The fourth-order valence-corrected chi connectivity index (χ4v) is 4.08.